The molecule has 3 rings (SSSR count). The molecule has 6 nitrogen and oxygen atoms in total. The number of nitrogens with one attached hydrogen (secondary N) is 2. The number of aromatic nitrogens is 2. The van der Waals surface area contributed by atoms with Crippen molar-refractivity contribution in [3.8, 4) is 5.75 Å². The molecule has 1 saturated heterocycles. The van der Waals surface area contributed by atoms with Crippen molar-refractivity contribution in [1.29, 1.82) is 0 Å². The number of nitrogens with zero attached hydrogens (tertiary/aromatic N) is 2. The van der Waals surface area contributed by atoms with Gasteiger partial charge in [0.2, 0.25) is 0 Å². The van der Waals surface area contributed by atoms with Crippen LogP contribution in [0.15, 0.2) is 30.5 Å². The molecular weight excluding hydrogens is 316 g/mol. The fourth-order valence-electron chi connectivity index (χ4n) is 3.04. The van der Waals surface area contributed by atoms with Crippen LogP contribution in [0.2, 0.25) is 0 Å². The summed E-state index contributed by atoms with van der Waals surface area (Å²) in [5.41, 5.74) is 2.23. The number of aryl methyl sites for hydroxylation is 1. The highest BCUT2D eigenvalue weighted by Crippen LogP contribution is 2.20. The minimum Gasteiger partial charge on any atom is -0.497 e. The van der Waals surface area contributed by atoms with Gasteiger partial charge in [-0.15, -0.1) is 0 Å². The van der Waals surface area contributed by atoms with E-state index in [1.807, 2.05) is 31.2 Å². The average molecular weight is 340 g/mol. The molecular formula is C19H24N4O2. The summed E-state index contributed by atoms with van der Waals surface area (Å²) in [5, 5.41) is 6.29. The molecule has 1 aromatic heterocycles. The minimum absolute atomic E-state index is 0.159. The molecule has 1 aromatic carbocycles. The van der Waals surface area contributed by atoms with Crippen LogP contribution in [-0.4, -0.2) is 36.1 Å². The first-order valence-electron chi connectivity index (χ1n) is 8.62. The number of carbonyl (C=O) groups excluding carboxylic acids is 1. The Balaban J connectivity index is 1.65. The van der Waals surface area contributed by atoms with Gasteiger partial charge in [-0.3, -0.25) is 4.79 Å². The van der Waals surface area contributed by atoms with E-state index in [1.165, 1.54) is 0 Å². The molecule has 1 aliphatic heterocycles. The van der Waals surface area contributed by atoms with E-state index >= 15 is 0 Å². The van der Waals surface area contributed by atoms with Crippen LogP contribution in [-0.2, 0) is 6.54 Å². The van der Waals surface area contributed by atoms with E-state index in [9.17, 15) is 4.79 Å². The molecule has 0 saturated carbocycles. The van der Waals surface area contributed by atoms with Gasteiger partial charge in [0.1, 0.15) is 11.6 Å². The predicted molar refractivity (Wildman–Crippen MR) is 95.8 cm³/mol. The van der Waals surface area contributed by atoms with Crippen LogP contribution in [0.25, 0.3) is 0 Å². The Hall–Kier alpha value is -2.47. The smallest absolute Gasteiger partial charge is 0.254 e. The van der Waals surface area contributed by atoms with E-state index in [-0.39, 0.29) is 5.91 Å². The Labute approximate surface area is 148 Å². The first kappa shape index (κ1) is 17.4. The summed E-state index contributed by atoms with van der Waals surface area (Å²) >= 11 is 0. The van der Waals surface area contributed by atoms with Crippen molar-refractivity contribution in [3.05, 3.63) is 53.1 Å². The van der Waals surface area contributed by atoms with E-state index in [4.69, 9.17) is 4.74 Å². The third-order valence-electron chi connectivity index (χ3n) is 4.49. The van der Waals surface area contributed by atoms with Crippen LogP contribution >= 0.6 is 0 Å². The van der Waals surface area contributed by atoms with Crippen molar-refractivity contribution < 1.29 is 9.53 Å². The highest BCUT2D eigenvalue weighted by molar-refractivity contribution is 5.94. The lowest BCUT2D eigenvalue weighted by atomic mass is 9.98. The lowest BCUT2D eigenvalue weighted by Gasteiger charge is -2.21. The molecule has 132 valence electrons. The number of amides is 1. The number of benzene rings is 1. The maximum Gasteiger partial charge on any atom is 0.254 e. The maximum atomic E-state index is 12.4. The van der Waals surface area contributed by atoms with Gasteiger partial charge in [-0.05, 0) is 44.0 Å². The largest absolute Gasteiger partial charge is 0.497 e. The first-order chi connectivity index (χ1) is 12.2. The molecule has 2 heterocycles. The molecule has 1 unspecified atom stereocenters. The standard InChI is InChI=1S/C19H24N4O2/c1-13-17(12-21-18(23-13)15-6-4-8-20-11-15)19(24)22-10-14-5-3-7-16(9-14)25-2/h3,5,7,9,12,15,20H,4,6,8,10-11H2,1-2H3,(H,22,24). The van der Waals surface area contributed by atoms with E-state index in [2.05, 4.69) is 20.6 Å². The van der Waals surface area contributed by atoms with Crippen molar-refractivity contribution in [2.24, 2.45) is 0 Å². The zero-order chi connectivity index (χ0) is 17.6. The number of hydrogen-bond donors (Lipinski definition) is 2. The van der Waals surface area contributed by atoms with E-state index in [1.54, 1.807) is 13.3 Å². The molecule has 1 amide bonds. The van der Waals surface area contributed by atoms with Gasteiger partial charge in [0.25, 0.3) is 5.91 Å². The van der Waals surface area contributed by atoms with Gasteiger partial charge >= 0.3 is 0 Å². The summed E-state index contributed by atoms with van der Waals surface area (Å²) < 4.78 is 5.20. The molecule has 0 radical (unpaired) electrons. The van der Waals surface area contributed by atoms with Crippen molar-refractivity contribution in [1.82, 2.24) is 20.6 Å². The van der Waals surface area contributed by atoms with E-state index < -0.39 is 0 Å². The van der Waals surface area contributed by atoms with Crippen LogP contribution in [0.5, 0.6) is 5.75 Å². The quantitative estimate of drug-likeness (QED) is 0.872. The first-order valence-corrected chi connectivity index (χ1v) is 8.62. The third kappa shape index (κ3) is 4.33. The lowest BCUT2D eigenvalue weighted by Crippen LogP contribution is -2.30. The summed E-state index contributed by atoms with van der Waals surface area (Å²) in [4.78, 5) is 21.4. The zero-order valence-electron chi connectivity index (χ0n) is 14.7. The Morgan fingerprint density at radius 1 is 1.44 bits per heavy atom. The highest BCUT2D eigenvalue weighted by Gasteiger charge is 2.19. The second-order valence-electron chi connectivity index (χ2n) is 6.30. The number of carbonyl (C=O) groups is 1. The van der Waals surface area contributed by atoms with E-state index in [0.29, 0.717) is 18.0 Å². The maximum absolute atomic E-state index is 12.4. The van der Waals surface area contributed by atoms with Gasteiger partial charge in [0.15, 0.2) is 0 Å². The molecule has 2 N–H and O–H groups in total. The number of ether oxygens (including phenoxy) is 1. The Bertz CT molecular complexity index is 742. The molecule has 1 atom stereocenters. The second kappa shape index (κ2) is 8.07. The molecule has 25 heavy (non-hydrogen) atoms. The number of hydrogen-bond acceptors (Lipinski definition) is 5. The average Bonchev–Trinajstić information content (AvgIpc) is 2.67. The van der Waals surface area contributed by atoms with Gasteiger partial charge in [0.05, 0.1) is 18.4 Å². The number of methoxy groups -OCH3 is 1. The van der Waals surface area contributed by atoms with Gasteiger partial charge in [0, 0.05) is 25.2 Å². The van der Waals surface area contributed by atoms with Crippen LogP contribution in [0.4, 0.5) is 0 Å². The molecule has 0 spiro atoms. The van der Waals surface area contributed by atoms with Crippen LogP contribution in [0.3, 0.4) is 0 Å². The Morgan fingerprint density at radius 2 is 2.32 bits per heavy atom. The van der Waals surface area contributed by atoms with Crippen LogP contribution < -0.4 is 15.4 Å². The van der Waals surface area contributed by atoms with Crippen molar-refractivity contribution in [3.63, 3.8) is 0 Å². The van der Waals surface area contributed by atoms with Crippen LogP contribution in [0.1, 0.15) is 46.2 Å². The SMILES string of the molecule is COc1cccc(CNC(=O)c2cnc(C3CCCNC3)nc2C)c1. The van der Waals surface area contributed by atoms with Crippen molar-refractivity contribution in [2.75, 3.05) is 20.2 Å². The van der Waals surface area contributed by atoms with Crippen molar-refractivity contribution >= 4 is 5.91 Å². The predicted octanol–water partition coefficient (Wildman–Crippen LogP) is 2.19. The molecule has 1 fully saturated rings. The number of piperidine rings is 1. The lowest BCUT2D eigenvalue weighted by molar-refractivity contribution is 0.0949. The van der Waals surface area contributed by atoms with Gasteiger partial charge in [-0.2, -0.15) is 0 Å². The fourth-order valence-corrected chi connectivity index (χ4v) is 3.04. The minimum atomic E-state index is -0.159. The summed E-state index contributed by atoms with van der Waals surface area (Å²) in [7, 11) is 1.63. The monoisotopic (exact) mass is 340 g/mol. The summed E-state index contributed by atoms with van der Waals surface area (Å²) in [6.45, 7) is 4.26. The van der Waals surface area contributed by atoms with Gasteiger partial charge < -0.3 is 15.4 Å². The summed E-state index contributed by atoms with van der Waals surface area (Å²) in [5.74, 6) is 1.78. The van der Waals surface area contributed by atoms with Crippen molar-refractivity contribution in [2.45, 2.75) is 32.2 Å². The topological polar surface area (TPSA) is 76.1 Å². The second-order valence-corrected chi connectivity index (χ2v) is 6.30. The molecule has 6 heteroatoms. The Morgan fingerprint density at radius 3 is 3.04 bits per heavy atom. The molecule has 0 aliphatic carbocycles. The van der Waals surface area contributed by atoms with Crippen LogP contribution in [0, 0.1) is 6.92 Å². The zero-order valence-corrected chi connectivity index (χ0v) is 14.7. The van der Waals surface area contributed by atoms with Gasteiger partial charge in [-0.1, -0.05) is 12.1 Å². The normalized spacial score (nSPS) is 17.1. The summed E-state index contributed by atoms with van der Waals surface area (Å²) in [6.07, 6.45) is 3.87. The highest BCUT2D eigenvalue weighted by atomic mass is 16.5. The van der Waals surface area contributed by atoms with E-state index in [0.717, 1.165) is 48.8 Å². The molecule has 0 bridgehead atoms. The number of rotatable bonds is 5. The Kier molecular flexibility index (Phi) is 5.60. The third-order valence-corrected chi connectivity index (χ3v) is 4.49. The molecule has 1 aliphatic rings. The summed E-state index contributed by atoms with van der Waals surface area (Å²) in [6, 6.07) is 7.64. The van der Waals surface area contributed by atoms with Gasteiger partial charge in [-0.25, -0.2) is 9.97 Å². The molecule has 2 aromatic rings. The fraction of sp³-hybridized carbons (Fsp3) is 0.421.